The molecular weight excluding hydrogens is 358 g/mol. The van der Waals surface area contributed by atoms with Gasteiger partial charge >= 0.3 is 0 Å². The summed E-state index contributed by atoms with van der Waals surface area (Å²) in [5.41, 5.74) is 3.40. The lowest BCUT2D eigenvalue weighted by molar-refractivity contribution is -0.121. The minimum absolute atomic E-state index is 0.0512. The molecule has 0 unspecified atom stereocenters. The summed E-state index contributed by atoms with van der Waals surface area (Å²) in [7, 11) is 0. The van der Waals surface area contributed by atoms with E-state index in [2.05, 4.69) is 15.6 Å². The average Bonchev–Trinajstić information content (AvgIpc) is 3.27. The fourth-order valence-electron chi connectivity index (χ4n) is 4.09. The predicted octanol–water partition coefficient (Wildman–Crippen LogP) is 1.62. The van der Waals surface area contributed by atoms with Crippen LogP contribution in [0.2, 0.25) is 0 Å². The zero-order chi connectivity index (χ0) is 19.1. The van der Waals surface area contributed by atoms with Crippen molar-refractivity contribution in [1.29, 1.82) is 0 Å². The third-order valence-corrected chi connectivity index (χ3v) is 5.84. The average molecular weight is 383 g/mol. The number of aryl methyl sites for hydroxylation is 2. The first kappa shape index (κ1) is 17.5. The van der Waals surface area contributed by atoms with Crippen LogP contribution in [0.1, 0.15) is 65.3 Å². The van der Waals surface area contributed by atoms with Crippen LogP contribution in [0.3, 0.4) is 0 Å². The van der Waals surface area contributed by atoms with E-state index in [4.69, 9.17) is 4.52 Å². The van der Waals surface area contributed by atoms with Crippen molar-refractivity contribution >= 4 is 11.8 Å². The van der Waals surface area contributed by atoms with Crippen LogP contribution in [-0.4, -0.2) is 44.2 Å². The van der Waals surface area contributed by atoms with E-state index in [1.54, 1.807) is 0 Å². The van der Waals surface area contributed by atoms with Crippen molar-refractivity contribution in [2.45, 2.75) is 70.5 Å². The van der Waals surface area contributed by atoms with Gasteiger partial charge < -0.3 is 14.7 Å². The number of nitrogens with one attached hydrogen (secondary N) is 1. The number of carbonyl (C=O) groups is 2. The van der Waals surface area contributed by atoms with Gasteiger partial charge in [0.2, 0.25) is 5.91 Å². The summed E-state index contributed by atoms with van der Waals surface area (Å²) in [6.07, 6.45) is 7.22. The molecule has 1 saturated carbocycles. The molecule has 2 aromatic rings. The zero-order valence-electron chi connectivity index (χ0n) is 15.9. The van der Waals surface area contributed by atoms with Crippen molar-refractivity contribution in [3.05, 3.63) is 34.5 Å². The maximum absolute atomic E-state index is 13.0. The van der Waals surface area contributed by atoms with Gasteiger partial charge in [0.05, 0.1) is 24.5 Å². The van der Waals surface area contributed by atoms with Gasteiger partial charge in [-0.1, -0.05) is 5.16 Å². The largest absolute Gasteiger partial charge is 0.360 e. The second-order valence-corrected chi connectivity index (χ2v) is 8.06. The van der Waals surface area contributed by atoms with Crippen molar-refractivity contribution in [2.24, 2.45) is 0 Å². The van der Waals surface area contributed by atoms with Gasteiger partial charge in [0.15, 0.2) is 5.69 Å². The van der Waals surface area contributed by atoms with E-state index in [0.717, 1.165) is 61.2 Å². The Balaban J connectivity index is 1.23. The molecule has 2 aliphatic carbocycles. The van der Waals surface area contributed by atoms with Gasteiger partial charge in [0.1, 0.15) is 5.76 Å². The first-order chi connectivity index (χ1) is 13.7. The maximum atomic E-state index is 13.0. The molecule has 1 aliphatic heterocycles. The second kappa shape index (κ2) is 7.07. The number of hydrogen-bond acceptors (Lipinski definition) is 5. The lowest BCUT2D eigenvalue weighted by Crippen LogP contribution is -2.39. The number of nitrogens with zero attached hydrogens (tertiary/aromatic N) is 4. The molecule has 0 saturated heterocycles. The van der Waals surface area contributed by atoms with E-state index < -0.39 is 0 Å². The number of carbonyl (C=O) groups excluding carboxylic acids is 2. The van der Waals surface area contributed by atoms with E-state index in [0.29, 0.717) is 44.2 Å². The summed E-state index contributed by atoms with van der Waals surface area (Å²) >= 11 is 0. The van der Waals surface area contributed by atoms with Gasteiger partial charge in [-0.3, -0.25) is 14.3 Å². The number of rotatable bonds is 5. The van der Waals surface area contributed by atoms with Crippen molar-refractivity contribution in [2.75, 3.05) is 6.54 Å². The maximum Gasteiger partial charge on any atom is 0.276 e. The summed E-state index contributed by atoms with van der Waals surface area (Å²) in [4.78, 5) is 26.7. The van der Waals surface area contributed by atoms with Crippen molar-refractivity contribution in [1.82, 2.24) is 25.2 Å². The highest BCUT2D eigenvalue weighted by molar-refractivity contribution is 5.94. The van der Waals surface area contributed by atoms with Crippen LogP contribution in [0.4, 0.5) is 0 Å². The SMILES string of the molecule is O=C(CCc1cc2n(n1)CCN(C(=O)c1noc3c1CCCC3)C2)NC1CC1. The topological polar surface area (TPSA) is 93.3 Å². The molecule has 1 N–H and O–H groups in total. The molecule has 3 aliphatic rings. The molecule has 0 bridgehead atoms. The van der Waals surface area contributed by atoms with Gasteiger partial charge in [0, 0.05) is 37.4 Å². The molecule has 0 spiro atoms. The van der Waals surface area contributed by atoms with Crippen LogP contribution in [0, 0.1) is 0 Å². The normalized spacial score (nSPS) is 18.5. The Bertz CT molecular complexity index is 911. The molecule has 0 aromatic carbocycles. The van der Waals surface area contributed by atoms with Crippen LogP contribution in [0.25, 0.3) is 0 Å². The number of aromatic nitrogens is 3. The highest BCUT2D eigenvalue weighted by Crippen LogP contribution is 2.26. The lowest BCUT2D eigenvalue weighted by atomic mass is 9.96. The number of fused-ring (bicyclic) bond motifs is 2. The van der Waals surface area contributed by atoms with Crippen molar-refractivity contribution in [3.63, 3.8) is 0 Å². The van der Waals surface area contributed by atoms with Crippen LogP contribution >= 0.6 is 0 Å². The molecule has 3 heterocycles. The minimum atomic E-state index is -0.0512. The van der Waals surface area contributed by atoms with E-state index in [1.807, 2.05) is 15.6 Å². The summed E-state index contributed by atoms with van der Waals surface area (Å²) in [6.45, 7) is 1.79. The molecule has 148 valence electrons. The van der Waals surface area contributed by atoms with Gasteiger partial charge in [-0.2, -0.15) is 5.10 Å². The van der Waals surface area contributed by atoms with E-state index in [9.17, 15) is 9.59 Å². The van der Waals surface area contributed by atoms with Gasteiger partial charge in [-0.25, -0.2) is 0 Å². The zero-order valence-corrected chi connectivity index (χ0v) is 15.9. The molecule has 0 radical (unpaired) electrons. The molecule has 28 heavy (non-hydrogen) atoms. The summed E-state index contributed by atoms with van der Waals surface area (Å²) in [5.74, 6) is 0.925. The smallest absolute Gasteiger partial charge is 0.276 e. The number of amides is 2. The van der Waals surface area contributed by atoms with Gasteiger partial charge in [-0.15, -0.1) is 0 Å². The Morgan fingerprint density at radius 3 is 2.93 bits per heavy atom. The van der Waals surface area contributed by atoms with Crippen molar-refractivity contribution < 1.29 is 14.1 Å². The van der Waals surface area contributed by atoms with Crippen LogP contribution < -0.4 is 5.32 Å². The Morgan fingerprint density at radius 1 is 1.21 bits per heavy atom. The lowest BCUT2D eigenvalue weighted by Gasteiger charge is -2.27. The number of hydrogen-bond donors (Lipinski definition) is 1. The molecule has 1 fully saturated rings. The van der Waals surface area contributed by atoms with Crippen LogP contribution in [0.15, 0.2) is 10.6 Å². The fraction of sp³-hybridized carbons (Fsp3) is 0.600. The van der Waals surface area contributed by atoms with Crippen LogP contribution in [-0.2, 0) is 37.1 Å². The van der Waals surface area contributed by atoms with E-state index in [-0.39, 0.29) is 11.8 Å². The summed E-state index contributed by atoms with van der Waals surface area (Å²) in [6, 6.07) is 2.41. The van der Waals surface area contributed by atoms with Crippen molar-refractivity contribution in [3.8, 4) is 0 Å². The molecule has 0 atom stereocenters. The van der Waals surface area contributed by atoms with E-state index in [1.165, 1.54) is 0 Å². The predicted molar refractivity (Wildman–Crippen MR) is 99.6 cm³/mol. The third-order valence-electron chi connectivity index (χ3n) is 5.84. The van der Waals surface area contributed by atoms with Gasteiger partial charge in [-0.05, 0) is 38.2 Å². The summed E-state index contributed by atoms with van der Waals surface area (Å²) < 4.78 is 7.36. The molecule has 8 heteroatoms. The fourth-order valence-corrected chi connectivity index (χ4v) is 4.09. The molecule has 5 rings (SSSR count). The monoisotopic (exact) mass is 383 g/mol. The highest BCUT2D eigenvalue weighted by Gasteiger charge is 2.30. The Hall–Kier alpha value is -2.64. The standard InChI is InChI=1S/C20H25N5O3/c26-18(21-13-5-6-13)8-7-14-11-15-12-24(9-10-25(15)22-14)20(27)19-16-3-1-2-4-17(16)28-23-19/h11,13H,1-10,12H2,(H,21,26). The first-order valence-corrected chi connectivity index (χ1v) is 10.3. The summed E-state index contributed by atoms with van der Waals surface area (Å²) in [5, 5.41) is 11.7. The Kier molecular flexibility index (Phi) is 4.41. The van der Waals surface area contributed by atoms with Crippen LogP contribution in [0.5, 0.6) is 0 Å². The molecule has 8 nitrogen and oxygen atoms in total. The molecular formula is C20H25N5O3. The molecule has 2 amide bonds. The first-order valence-electron chi connectivity index (χ1n) is 10.3. The molecule has 2 aromatic heterocycles. The second-order valence-electron chi connectivity index (χ2n) is 8.06. The van der Waals surface area contributed by atoms with E-state index >= 15 is 0 Å². The Labute approximate surface area is 163 Å². The quantitative estimate of drug-likeness (QED) is 0.847. The highest BCUT2D eigenvalue weighted by atomic mass is 16.5. The minimum Gasteiger partial charge on any atom is -0.360 e. The van der Waals surface area contributed by atoms with Gasteiger partial charge in [0.25, 0.3) is 5.91 Å². The Morgan fingerprint density at radius 2 is 2.07 bits per heavy atom. The third kappa shape index (κ3) is 3.43.